The van der Waals surface area contributed by atoms with E-state index >= 15 is 0 Å². The van der Waals surface area contributed by atoms with Crippen LogP contribution in [0.15, 0.2) is 40.9 Å². The third-order valence-corrected chi connectivity index (χ3v) is 3.98. The van der Waals surface area contributed by atoms with Crippen molar-refractivity contribution in [2.24, 2.45) is 0 Å². The van der Waals surface area contributed by atoms with Crippen LogP contribution in [0.2, 0.25) is 5.02 Å². The molecule has 0 aliphatic carbocycles. The summed E-state index contributed by atoms with van der Waals surface area (Å²) in [7, 11) is 0. The fourth-order valence-electron chi connectivity index (χ4n) is 1.90. The van der Waals surface area contributed by atoms with E-state index in [4.69, 9.17) is 16.3 Å². The summed E-state index contributed by atoms with van der Waals surface area (Å²) in [6.45, 7) is 3.76. The van der Waals surface area contributed by atoms with Crippen LogP contribution in [0.25, 0.3) is 0 Å². The van der Waals surface area contributed by atoms with Crippen molar-refractivity contribution in [1.82, 2.24) is 0 Å². The van der Waals surface area contributed by atoms with Gasteiger partial charge in [-0.15, -0.1) is 0 Å². The van der Waals surface area contributed by atoms with Crippen molar-refractivity contribution in [3.63, 3.8) is 0 Å². The van der Waals surface area contributed by atoms with Gasteiger partial charge in [0.2, 0.25) is 0 Å². The van der Waals surface area contributed by atoms with Crippen LogP contribution < -0.4 is 10.1 Å². The number of hydrogen-bond donors (Lipinski definition) is 1. The predicted molar refractivity (Wildman–Crippen MR) is 89.2 cm³/mol. The number of hydrogen-bond acceptors (Lipinski definition) is 2. The Labute approximate surface area is 137 Å². The van der Waals surface area contributed by atoms with Gasteiger partial charge >= 0.3 is 0 Å². The van der Waals surface area contributed by atoms with E-state index in [2.05, 4.69) is 21.2 Å². The van der Waals surface area contributed by atoms with E-state index in [0.29, 0.717) is 5.75 Å². The van der Waals surface area contributed by atoms with Gasteiger partial charge in [-0.2, -0.15) is 0 Å². The van der Waals surface area contributed by atoms with Gasteiger partial charge in [-0.1, -0.05) is 33.6 Å². The monoisotopic (exact) mass is 367 g/mol. The maximum Gasteiger partial charge on any atom is 0.262 e. The molecule has 0 heterocycles. The predicted octanol–water partition coefficient (Wildman–Crippen LogP) is 4.74. The minimum atomic E-state index is -0.210. The Hall–Kier alpha value is -1.52. The van der Waals surface area contributed by atoms with Crippen molar-refractivity contribution < 1.29 is 9.53 Å². The molecule has 2 rings (SSSR count). The van der Waals surface area contributed by atoms with Crippen molar-refractivity contribution in [1.29, 1.82) is 0 Å². The summed E-state index contributed by atoms with van der Waals surface area (Å²) in [5.41, 5.74) is 2.58. The number of halogens is 2. The Balaban J connectivity index is 1.95. The lowest BCUT2D eigenvalue weighted by Crippen LogP contribution is -2.20. The quantitative estimate of drug-likeness (QED) is 0.846. The van der Waals surface area contributed by atoms with Crippen LogP contribution in [0, 0.1) is 13.8 Å². The minimum absolute atomic E-state index is 0.0486. The zero-order chi connectivity index (χ0) is 15.4. The number of amides is 1. The molecule has 5 heteroatoms. The first-order valence-electron chi connectivity index (χ1n) is 6.40. The molecule has 0 aromatic heterocycles. The molecule has 2 aromatic rings. The molecule has 0 unspecified atom stereocenters. The fourth-order valence-corrected chi connectivity index (χ4v) is 2.41. The van der Waals surface area contributed by atoms with Crippen LogP contribution in [0.4, 0.5) is 5.69 Å². The summed E-state index contributed by atoms with van der Waals surface area (Å²) in [5, 5.41) is 3.50. The maximum absolute atomic E-state index is 11.9. The Morgan fingerprint density at radius 2 is 1.90 bits per heavy atom. The van der Waals surface area contributed by atoms with Gasteiger partial charge in [-0.05, 0) is 55.3 Å². The highest BCUT2D eigenvalue weighted by molar-refractivity contribution is 9.10. The van der Waals surface area contributed by atoms with E-state index in [1.54, 1.807) is 0 Å². The van der Waals surface area contributed by atoms with E-state index in [1.807, 2.05) is 50.2 Å². The standard InChI is InChI=1S/C16H15BrClNO2/c1-10-6-14(7-11(2)16(10)18)21-9-15(20)19-13-5-3-4-12(17)8-13/h3-8H,9H2,1-2H3,(H,19,20). The Morgan fingerprint density at radius 3 is 2.52 bits per heavy atom. The molecule has 1 amide bonds. The Bertz CT molecular complexity index is 650. The topological polar surface area (TPSA) is 38.3 Å². The largest absolute Gasteiger partial charge is 0.484 e. The number of benzene rings is 2. The zero-order valence-electron chi connectivity index (χ0n) is 11.7. The van der Waals surface area contributed by atoms with E-state index in [9.17, 15) is 4.79 Å². The summed E-state index contributed by atoms with van der Waals surface area (Å²) in [6, 6.07) is 11.0. The molecule has 0 spiro atoms. The molecule has 0 radical (unpaired) electrons. The average Bonchev–Trinajstić information content (AvgIpc) is 2.42. The second-order valence-corrected chi connectivity index (χ2v) is 6.01. The Morgan fingerprint density at radius 1 is 1.24 bits per heavy atom. The van der Waals surface area contributed by atoms with E-state index in [1.165, 1.54) is 0 Å². The number of ether oxygens (including phenoxy) is 1. The van der Waals surface area contributed by atoms with Gasteiger partial charge in [0.1, 0.15) is 5.75 Å². The maximum atomic E-state index is 11.9. The molecule has 110 valence electrons. The molecular formula is C16H15BrClNO2. The molecule has 0 fully saturated rings. The van der Waals surface area contributed by atoms with Crippen molar-refractivity contribution in [2.45, 2.75) is 13.8 Å². The van der Waals surface area contributed by atoms with Crippen molar-refractivity contribution >= 4 is 39.1 Å². The summed E-state index contributed by atoms with van der Waals surface area (Å²) in [4.78, 5) is 11.9. The van der Waals surface area contributed by atoms with Crippen molar-refractivity contribution in [2.75, 3.05) is 11.9 Å². The highest BCUT2D eigenvalue weighted by Crippen LogP contribution is 2.25. The number of nitrogens with one attached hydrogen (secondary N) is 1. The average molecular weight is 369 g/mol. The molecule has 0 aliphatic heterocycles. The molecular weight excluding hydrogens is 354 g/mol. The Kier molecular flexibility index (Phi) is 5.26. The smallest absolute Gasteiger partial charge is 0.262 e. The molecule has 0 bridgehead atoms. The summed E-state index contributed by atoms with van der Waals surface area (Å²) in [6.07, 6.45) is 0. The first-order chi connectivity index (χ1) is 9.95. The van der Waals surface area contributed by atoms with E-state index in [0.717, 1.165) is 26.3 Å². The van der Waals surface area contributed by atoms with Crippen molar-refractivity contribution in [3.05, 3.63) is 57.0 Å². The van der Waals surface area contributed by atoms with E-state index < -0.39 is 0 Å². The summed E-state index contributed by atoms with van der Waals surface area (Å²) in [5.74, 6) is 0.428. The van der Waals surface area contributed by atoms with Gasteiger partial charge < -0.3 is 10.1 Å². The van der Waals surface area contributed by atoms with Crippen LogP contribution in [0.5, 0.6) is 5.75 Å². The SMILES string of the molecule is Cc1cc(OCC(=O)Nc2cccc(Br)c2)cc(C)c1Cl. The van der Waals surface area contributed by atoms with Gasteiger partial charge in [-0.25, -0.2) is 0 Å². The molecule has 21 heavy (non-hydrogen) atoms. The fraction of sp³-hybridized carbons (Fsp3) is 0.188. The number of carbonyl (C=O) groups excluding carboxylic acids is 1. The zero-order valence-corrected chi connectivity index (χ0v) is 14.1. The molecule has 0 aliphatic rings. The first kappa shape index (κ1) is 15.9. The number of aryl methyl sites for hydroxylation is 2. The molecule has 0 atom stereocenters. The third kappa shape index (κ3) is 4.48. The molecule has 3 nitrogen and oxygen atoms in total. The van der Waals surface area contributed by atoms with Gasteiger partial charge in [0.25, 0.3) is 5.91 Å². The molecule has 2 aromatic carbocycles. The first-order valence-corrected chi connectivity index (χ1v) is 7.58. The van der Waals surface area contributed by atoms with Gasteiger partial charge in [-0.3, -0.25) is 4.79 Å². The third-order valence-electron chi connectivity index (χ3n) is 2.89. The van der Waals surface area contributed by atoms with Crippen molar-refractivity contribution in [3.8, 4) is 5.75 Å². The lowest BCUT2D eigenvalue weighted by molar-refractivity contribution is -0.118. The van der Waals surface area contributed by atoms with Crippen LogP contribution in [-0.4, -0.2) is 12.5 Å². The normalized spacial score (nSPS) is 10.3. The molecule has 1 N–H and O–H groups in total. The number of carbonyl (C=O) groups is 1. The van der Waals surface area contributed by atoms with Gasteiger partial charge in [0, 0.05) is 15.2 Å². The van der Waals surface area contributed by atoms with E-state index in [-0.39, 0.29) is 12.5 Å². The van der Waals surface area contributed by atoms with Gasteiger partial charge in [0.05, 0.1) is 0 Å². The molecule has 0 saturated carbocycles. The van der Waals surface area contributed by atoms with Crippen LogP contribution in [0.1, 0.15) is 11.1 Å². The number of rotatable bonds is 4. The van der Waals surface area contributed by atoms with Crippen LogP contribution in [-0.2, 0) is 4.79 Å². The lowest BCUT2D eigenvalue weighted by Gasteiger charge is -2.10. The second-order valence-electron chi connectivity index (χ2n) is 4.72. The van der Waals surface area contributed by atoms with Crippen LogP contribution >= 0.6 is 27.5 Å². The van der Waals surface area contributed by atoms with Gasteiger partial charge in [0.15, 0.2) is 6.61 Å². The highest BCUT2D eigenvalue weighted by atomic mass is 79.9. The summed E-state index contributed by atoms with van der Waals surface area (Å²) < 4.78 is 6.41. The number of anilines is 1. The molecule has 0 saturated heterocycles. The van der Waals surface area contributed by atoms with Crippen LogP contribution in [0.3, 0.4) is 0 Å². The highest BCUT2D eigenvalue weighted by Gasteiger charge is 2.07. The second kappa shape index (κ2) is 6.96. The summed E-state index contributed by atoms with van der Waals surface area (Å²) >= 11 is 9.45. The lowest BCUT2D eigenvalue weighted by atomic mass is 10.1. The minimum Gasteiger partial charge on any atom is -0.484 e.